The summed E-state index contributed by atoms with van der Waals surface area (Å²) in [6.07, 6.45) is 9.20. The van der Waals surface area contributed by atoms with E-state index in [0.29, 0.717) is 11.3 Å². The summed E-state index contributed by atoms with van der Waals surface area (Å²) in [5.74, 6) is 2.03. The third-order valence-corrected chi connectivity index (χ3v) is 6.30. The van der Waals surface area contributed by atoms with E-state index in [1.54, 1.807) is 0 Å². The van der Waals surface area contributed by atoms with Crippen molar-refractivity contribution in [3.05, 3.63) is 0 Å². The predicted molar refractivity (Wildman–Crippen MR) is 83.5 cm³/mol. The second-order valence-electron chi connectivity index (χ2n) is 8.44. The first kappa shape index (κ1) is 16.3. The predicted octanol–water partition coefficient (Wildman–Crippen LogP) is 4.14. The zero-order chi connectivity index (χ0) is 15.0. The molecule has 118 valence electrons. The molecule has 0 bridgehead atoms. The van der Waals surface area contributed by atoms with Gasteiger partial charge in [0, 0.05) is 0 Å². The van der Waals surface area contributed by atoms with Crippen LogP contribution in [-0.2, 0) is 0 Å². The van der Waals surface area contributed by atoms with Crippen molar-refractivity contribution in [2.45, 2.75) is 90.8 Å². The monoisotopic (exact) mass is 282 g/mol. The van der Waals surface area contributed by atoms with Crippen LogP contribution in [0.5, 0.6) is 0 Å². The van der Waals surface area contributed by atoms with Gasteiger partial charge in [-0.3, -0.25) is 0 Å². The zero-order valence-electron chi connectivity index (χ0n) is 13.9. The average Bonchev–Trinajstić information content (AvgIpc) is 2.66. The van der Waals surface area contributed by atoms with E-state index < -0.39 is 5.60 Å². The van der Waals surface area contributed by atoms with Crippen LogP contribution in [0.4, 0.5) is 0 Å². The highest BCUT2D eigenvalue weighted by Gasteiger charge is 2.51. The van der Waals surface area contributed by atoms with Gasteiger partial charge in [-0.05, 0) is 69.1 Å². The third kappa shape index (κ3) is 3.39. The Hall–Kier alpha value is -0.0800. The van der Waals surface area contributed by atoms with Crippen LogP contribution in [0.1, 0.15) is 79.1 Å². The lowest BCUT2D eigenvalue weighted by Crippen LogP contribution is -2.41. The molecule has 0 aromatic heterocycles. The van der Waals surface area contributed by atoms with Crippen LogP contribution in [0.25, 0.3) is 0 Å². The lowest BCUT2D eigenvalue weighted by molar-refractivity contribution is -0.0283. The molecule has 5 atom stereocenters. The van der Waals surface area contributed by atoms with Crippen molar-refractivity contribution in [1.82, 2.24) is 0 Å². The fourth-order valence-electron chi connectivity index (χ4n) is 5.18. The normalized spacial score (nSPS) is 39.6. The fourth-order valence-corrected chi connectivity index (χ4v) is 5.18. The summed E-state index contributed by atoms with van der Waals surface area (Å²) in [7, 11) is 0. The topological polar surface area (TPSA) is 40.5 Å². The maximum Gasteiger partial charge on any atom is 0.0591 e. The molecule has 0 aromatic carbocycles. The van der Waals surface area contributed by atoms with Gasteiger partial charge >= 0.3 is 0 Å². The molecule has 2 fully saturated rings. The summed E-state index contributed by atoms with van der Waals surface area (Å²) < 4.78 is 0. The van der Waals surface area contributed by atoms with Crippen LogP contribution in [0, 0.1) is 23.2 Å². The van der Waals surface area contributed by atoms with Crippen LogP contribution < -0.4 is 0 Å². The molecule has 2 saturated carbocycles. The number of hydrogen-bond donors (Lipinski definition) is 2. The van der Waals surface area contributed by atoms with Gasteiger partial charge < -0.3 is 10.2 Å². The van der Waals surface area contributed by atoms with Crippen molar-refractivity contribution in [2.24, 2.45) is 23.2 Å². The van der Waals surface area contributed by atoms with Crippen molar-refractivity contribution in [3.63, 3.8) is 0 Å². The van der Waals surface area contributed by atoms with Crippen molar-refractivity contribution in [3.8, 4) is 0 Å². The Bertz CT molecular complexity index is 320. The van der Waals surface area contributed by atoms with E-state index in [-0.39, 0.29) is 6.10 Å². The van der Waals surface area contributed by atoms with Gasteiger partial charge in [-0.25, -0.2) is 0 Å². The molecule has 0 amide bonds. The number of aliphatic hydroxyl groups excluding tert-OH is 1. The molecular weight excluding hydrogens is 248 g/mol. The Morgan fingerprint density at radius 3 is 2.60 bits per heavy atom. The van der Waals surface area contributed by atoms with E-state index >= 15 is 0 Å². The molecule has 0 aliphatic heterocycles. The molecule has 2 nitrogen and oxygen atoms in total. The lowest BCUT2D eigenvalue weighted by Gasteiger charge is -2.45. The van der Waals surface area contributed by atoms with Crippen LogP contribution >= 0.6 is 0 Å². The largest absolute Gasteiger partial charge is 0.393 e. The Balaban J connectivity index is 1.92. The average molecular weight is 282 g/mol. The molecule has 2 rings (SSSR count). The number of hydrogen-bond acceptors (Lipinski definition) is 2. The van der Waals surface area contributed by atoms with Crippen LogP contribution in [0.15, 0.2) is 0 Å². The molecule has 2 aliphatic rings. The highest BCUT2D eigenvalue weighted by molar-refractivity contribution is 5.01. The van der Waals surface area contributed by atoms with E-state index in [4.69, 9.17) is 0 Å². The molecule has 0 aromatic rings. The highest BCUT2D eigenvalue weighted by atomic mass is 16.3. The number of rotatable bonds is 5. The smallest absolute Gasteiger partial charge is 0.0591 e. The summed E-state index contributed by atoms with van der Waals surface area (Å²) in [6.45, 7) is 8.64. The van der Waals surface area contributed by atoms with Gasteiger partial charge in [0.05, 0.1) is 11.7 Å². The first-order valence-electron chi connectivity index (χ1n) is 8.64. The Kier molecular flexibility index (Phi) is 4.86. The molecule has 0 saturated heterocycles. The summed E-state index contributed by atoms with van der Waals surface area (Å²) >= 11 is 0. The Morgan fingerprint density at radius 1 is 1.25 bits per heavy atom. The van der Waals surface area contributed by atoms with Gasteiger partial charge in [0.25, 0.3) is 0 Å². The third-order valence-electron chi connectivity index (χ3n) is 6.30. The van der Waals surface area contributed by atoms with Crippen LogP contribution in [0.2, 0.25) is 0 Å². The molecule has 0 radical (unpaired) electrons. The number of aliphatic hydroxyl groups is 2. The minimum absolute atomic E-state index is 0.0534. The summed E-state index contributed by atoms with van der Waals surface area (Å²) in [5, 5.41) is 20.1. The van der Waals surface area contributed by atoms with Gasteiger partial charge in [0.2, 0.25) is 0 Å². The highest BCUT2D eigenvalue weighted by Crippen LogP contribution is 2.58. The van der Waals surface area contributed by atoms with Gasteiger partial charge in [-0.2, -0.15) is 0 Å². The summed E-state index contributed by atoms with van der Waals surface area (Å²) in [4.78, 5) is 0. The minimum Gasteiger partial charge on any atom is -0.393 e. The van der Waals surface area contributed by atoms with Gasteiger partial charge in [0.15, 0.2) is 0 Å². The summed E-state index contributed by atoms with van der Waals surface area (Å²) in [6, 6.07) is 0. The second kappa shape index (κ2) is 5.96. The van der Waals surface area contributed by atoms with E-state index in [1.807, 2.05) is 13.8 Å². The Morgan fingerprint density at radius 2 is 1.95 bits per heavy atom. The second-order valence-corrected chi connectivity index (χ2v) is 8.44. The Labute approximate surface area is 125 Å². The molecule has 20 heavy (non-hydrogen) atoms. The van der Waals surface area contributed by atoms with E-state index in [2.05, 4.69) is 13.8 Å². The molecule has 2 heteroatoms. The van der Waals surface area contributed by atoms with Gasteiger partial charge in [-0.1, -0.05) is 33.1 Å². The quantitative estimate of drug-likeness (QED) is 0.795. The fraction of sp³-hybridized carbons (Fsp3) is 1.00. The first-order valence-corrected chi connectivity index (χ1v) is 8.64. The van der Waals surface area contributed by atoms with E-state index in [9.17, 15) is 10.2 Å². The zero-order valence-corrected chi connectivity index (χ0v) is 13.9. The standard InChI is InChI=1S/C18H34O2/c1-13(7-5-11-17(2,3)20)14-9-10-15-16(19)8-6-12-18(14,15)4/h13-16,19-20H,5-12H2,1-4H3/t13-,14-,15-,16+,18-/m1/s1. The molecule has 2 aliphatic carbocycles. The summed E-state index contributed by atoms with van der Waals surface area (Å²) in [5.41, 5.74) is -0.158. The maximum absolute atomic E-state index is 10.3. The molecular formula is C18H34O2. The van der Waals surface area contributed by atoms with Crippen molar-refractivity contribution < 1.29 is 10.2 Å². The SMILES string of the molecule is C[C@H](CCCC(C)(C)O)[C@H]1CC[C@@H]2[C@@H](O)CCC[C@]12C. The van der Waals surface area contributed by atoms with Gasteiger partial charge in [-0.15, -0.1) is 0 Å². The van der Waals surface area contributed by atoms with E-state index in [0.717, 1.165) is 31.1 Å². The first-order chi connectivity index (χ1) is 9.24. The van der Waals surface area contributed by atoms with E-state index in [1.165, 1.54) is 32.1 Å². The molecule has 0 spiro atoms. The molecule has 0 unspecified atom stereocenters. The van der Waals surface area contributed by atoms with Crippen molar-refractivity contribution >= 4 is 0 Å². The van der Waals surface area contributed by atoms with Crippen LogP contribution in [0.3, 0.4) is 0 Å². The number of fused-ring (bicyclic) bond motifs is 1. The van der Waals surface area contributed by atoms with Crippen molar-refractivity contribution in [1.29, 1.82) is 0 Å². The lowest BCUT2D eigenvalue weighted by atomic mass is 9.61. The maximum atomic E-state index is 10.3. The van der Waals surface area contributed by atoms with Crippen LogP contribution in [-0.4, -0.2) is 21.9 Å². The van der Waals surface area contributed by atoms with Crippen molar-refractivity contribution in [2.75, 3.05) is 0 Å². The minimum atomic E-state index is -0.525. The molecule has 0 heterocycles. The van der Waals surface area contributed by atoms with Gasteiger partial charge in [0.1, 0.15) is 0 Å². The molecule has 2 N–H and O–H groups in total.